The highest BCUT2D eigenvalue weighted by Crippen LogP contribution is 2.30. The molecule has 0 N–H and O–H groups in total. The van der Waals surface area contributed by atoms with Crippen molar-refractivity contribution in [3.05, 3.63) is 151 Å². The summed E-state index contributed by atoms with van der Waals surface area (Å²) in [5.74, 6) is 0.650. The minimum Gasteiger partial charge on any atom is -0.291 e. The van der Waals surface area contributed by atoms with Gasteiger partial charge in [-0.05, 0) is 72.5 Å². The second-order valence-corrected chi connectivity index (χ2v) is 13.0. The van der Waals surface area contributed by atoms with E-state index in [-0.39, 0.29) is 11.8 Å². The fraction of sp³-hybridized carbons (Fsp3) is 0.158. The Kier molecular flexibility index (Phi) is 10.8. The van der Waals surface area contributed by atoms with E-state index in [1.807, 2.05) is 60.7 Å². The molecule has 10 heteroatoms. The zero-order valence-electron chi connectivity index (χ0n) is 25.8. The predicted octanol–water partition coefficient (Wildman–Crippen LogP) is 9.82. The maximum Gasteiger partial charge on any atom is 0.278 e. The van der Waals surface area contributed by atoms with Crippen LogP contribution in [0.25, 0.3) is 12.2 Å². The summed E-state index contributed by atoms with van der Waals surface area (Å²) < 4.78 is 0. The van der Waals surface area contributed by atoms with Gasteiger partial charge in [0.05, 0.1) is 10.0 Å². The van der Waals surface area contributed by atoms with Crippen LogP contribution in [0.15, 0.2) is 118 Å². The lowest BCUT2D eigenvalue weighted by Crippen LogP contribution is -2.34. The van der Waals surface area contributed by atoms with Crippen molar-refractivity contribution in [3.63, 3.8) is 0 Å². The summed E-state index contributed by atoms with van der Waals surface area (Å²) >= 11 is 25.4. The molecule has 0 radical (unpaired) electrons. The summed E-state index contributed by atoms with van der Waals surface area (Å²) in [5.41, 5.74) is 3.75. The molecule has 6 rings (SSSR count). The lowest BCUT2D eigenvalue weighted by atomic mass is 10.1. The average molecular weight is 716 g/mol. The molecule has 2 aliphatic rings. The number of carbonyl (C=O) groups is 2. The first-order chi connectivity index (χ1) is 23.3. The summed E-state index contributed by atoms with van der Waals surface area (Å²) in [4.78, 5) is 39.9. The highest BCUT2D eigenvalue weighted by Gasteiger charge is 2.33. The normalized spacial score (nSPS) is 16.3. The lowest BCUT2D eigenvalue weighted by Gasteiger charge is -2.20. The highest BCUT2D eigenvalue weighted by atomic mass is 35.5. The number of rotatable bonds is 11. The summed E-state index contributed by atoms with van der Waals surface area (Å²) in [6, 6.07) is 29.6. The monoisotopic (exact) mass is 714 g/mol. The molecule has 0 saturated carbocycles. The molecule has 0 bridgehead atoms. The number of nitrogens with zero attached hydrogens (tertiary/aromatic N) is 4. The number of amidine groups is 2. The van der Waals surface area contributed by atoms with E-state index in [0.717, 1.165) is 36.8 Å². The van der Waals surface area contributed by atoms with Crippen LogP contribution in [0.5, 0.6) is 0 Å². The van der Waals surface area contributed by atoms with Crippen molar-refractivity contribution in [1.29, 1.82) is 0 Å². The number of hydrogen-bond acceptors (Lipinski definition) is 4. The Balaban J connectivity index is 1.12. The molecule has 6 nitrogen and oxygen atoms in total. The topological polar surface area (TPSA) is 65.3 Å². The maximum absolute atomic E-state index is 13.6. The van der Waals surface area contributed by atoms with Gasteiger partial charge in [0, 0.05) is 34.3 Å². The van der Waals surface area contributed by atoms with E-state index in [1.54, 1.807) is 58.4 Å². The van der Waals surface area contributed by atoms with Crippen molar-refractivity contribution < 1.29 is 9.59 Å². The fourth-order valence-corrected chi connectivity index (χ4v) is 6.56. The van der Waals surface area contributed by atoms with Crippen LogP contribution in [0.3, 0.4) is 0 Å². The number of amides is 2. The molecule has 242 valence electrons. The Morgan fingerprint density at radius 1 is 0.521 bits per heavy atom. The summed E-state index contributed by atoms with van der Waals surface area (Å²) in [7, 11) is 0. The minimum absolute atomic E-state index is 0.180. The molecule has 0 unspecified atom stereocenters. The number of benzene rings is 4. The van der Waals surface area contributed by atoms with Gasteiger partial charge in [0.15, 0.2) is 0 Å². The van der Waals surface area contributed by atoms with Crippen LogP contribution in [0, 0.1) is 0 Å². The molecule has 48 heavy (non-hydrogen) atoms. The minimum atomic E-state index is -0.180. The maximum atomic E-state index is 13.6. The Labute approximate surface area is 299 Å². The molecular formula is C38H30Cl4N4O2. The lowest BCUT2D eigenvalue weighted by molar-refractivity contribution is -0.123. The van der Waals surface area contributed by atoms with E-state index in [1.165, 1.54) is 0 Å². The average Bonchev–Trinajstić information content (AvgIpc) is 3.54. The van der Waals surface area contributed by atoms with Gasteiger partial charge < -0.3 is 0 Å². The standard InChI is InChI=1S/C38H30Cl4N4O2/c39-27-15-17-29(31(41)23-27)35-43-33(21-25-11-5-3-6-12-25)37(47)45(35)19-9-1-2-10-20-46-36(30-18-16-28(40)24-32(30)42)44-34(38(46)48)22-26-13-7-4-8-14-26/h3-8,11-18,21-24H,1-2,9-10,19-20H2. The van der Waals surface area contributed by atoms with Crippen LogP contribution in [-0.4, -0.2) is 46.4 Å². The van der Waals surface area contributed by atoms with Gasteiger partial charge in [-0.2, -0.15) is 0 Å². The number of carbonyl (C=O) groups excluding carboxylic acids is 2. The molecule has 0 aromatic heterocycles. The zero-order valence-corrected chi connectivity index (χ0v) is 28.8. The predicted molar refractivity (Wildman–Crippen MR) is 197 cm³/mol. The van der Waals surface area contributed by atoms with Crippen molar-refractivity contribution in [1.82, 2.24) is 9.80 Å². The van der Waals surface area contributed by atoms with E-state index in [4.69, 9.17) is 56.4 Å². The second kappa shape index (κ2) is 15.3. The summed E-state index contributed by atoms with van der Waals surface area (Å²) in [6.07, 6.45) is 6.67. The molecule has 0 fully saturated rings. The van der Waals surface area contributed by atoms with Gasteiger partial charge >= 0.3 is 0 Å². The number of aliphatic imine (C=N–C) groups is 2. The number of unbranched alkanes of at least 4 members (excludes halogenated alkanes) is 3. The molecule has 4 aromatic carbocycles. The van der Waals surface area contributed by atoms with Crippen LogP contribution < -0.4 is 0 Å². The van der Waals surface area contributed by atoms with Gasteiger partial charge in [0.1, 0.15) is 23.1 Å². The molecule has 4 aromatic rings. The van der Waals surface area contributed by atoms with Gasteiger partial charge in [0.25, 0.3) is 11.8 Å². The zero-order chi connectivity index (χ0) is 33.6. The van der Waals surface area contributed by atoms with Crippen molar-refractivity contribution >= 4 is 82.0 Å². The van der Waals surface area contributed by atoms with Crippen LogP contribution in [-0.2, 0) is 9.59 Å². The molecule has 2 aliphatic heterocycles. The Morgan fingerprint density at radius 2 is 0.917 bits per heavy atom. The Hall–Kier alpha value is -4.20. The highest BCUT2D eigenvalue weighted by molar-refractivity contribution is 6.38. The van der Waals surface area contributed by atoms with Gasteiger partial charge in [0.2, 0.25) is 0 Å². The van der Waals surface area contributed by atoms with E-state index >= 15 is 0 Å². The first kappa shape index (κ1) is 33.7. The fourth-order valence-electron chi connectivity index (χ4n) is 5.58. The van der Waals surface area contributed by atoms with Crippen LogP contribution in [0.2, 0.25) is 20.1 Å². The number of halogens is 4. The molecule has 0 aliphatic carbocycles. The van der Waals surface area contributed by atoms with Crippen molar-refractivity contribution in [2.75, 3.05) is 13.1 Å². The third kappa shape index (κ3) is 7.74. The first-order valence-corrected chi connectivity index (χ1v) is 17.0. The van der Waals surface area contributed by atoms with Gasteiger partial charge in [-0.25, -0.2) is 9.98 Å². The van der Waals surface area contributed by atoms with Crippen LogP contribution >= 0.6 is 46.4 Å². The van der Waals surface area contributed by atoms with E-state index < -0.39 is 0 Å². The van der Waals surface area contributed by atoms with Crippen LogP contribution in [0.4, 0.5) is 0 Å². The second-order valence-electron chi connectivity index (χ2n) is 11.3. The molecule has 0 atom stereocenters. The van der Waals surface area contributed by atoms with Gasteiger partial charge in [-0.1, -0.05) is 120 Å². The van der Waals surface area contributed by atoms with Crippen molar-refractivity contribution in [2.24, 2.45) is 9.98 Å². The van der Waals surface area contributed by atoms with Crippen molar-refractivity contribution in [2.45, 2.75) is 25.7 Å². The summed E-state index contributed by atoms with van der Waals surface area (Å²) in [5, 5.41) is 1.86. The van der Waals surface area contributed by atoms with E-state index in [9.17, 15) is 9.59 Å². The molecule has 0 spiro atoms. The quantitative estimate of drug-likeness (QED) is 0.115. The molecular weight excluding hydrogens is 686 g/mol. The number of hydrogen-bond donors (Lipinski definition) is 0. The Bertz CT molecular complexity index is 1830. The largest absolute Gasteiger partial charge is 0.291 e. The third-order valence-electron chi connectivity index (χ3n) is 7.96. The molecule has 0 saturated heterocycles. The first-order valence-electron chi connectivity index (χ1n) is 15.5. The SMILES string of the molecule is O=C1C(=Cc2ccccc2)N=C(c2ccc(Cl)cc2Cl)N1CCCCCCN1C(=O)C(=Cc2ccccc2)N=C1c1ccc(Cl)cc1Cl. The molecule has 2 heterocycles. The van der Waals surface area contributed by atoms with Gasteiger partial charge in [-0.15, -0.1) is 0 Å². The summed E-state index contributed by atoms with van der Waals surface area (Å²) in [6.45, 7) is 0.922. The van der Waals surface area contributed by atoms with Crippen molar-refractivity contribution in [3.8, 4) is 0 Å². The molecule has 2 amide bonds. The van der Waals surface area contributed by atoms with E-state index in [0.29, 0.717) is 67.4 Å². The van der Waals surface area contributed by atoms with Crippen LogP contribution in [0.1, 0.15) is 47.9 Å². The Morgan fingerprint density at radius 3 is 1.29 bits per heavy atom. The van der Waals surface area contributed by atoms with E-state index in [2.05, 4.69) is 0 Å². The smallest absolute Gasteiger partial charge is 0.278 e. The third-order valence-corrected chi connectivity index (χ3v) is 9.05. The van der Waals surface area contributed by atoms with Gasteiger partial charge in [-0.3, -0.25) is 19.4 Å².